The number of hydrogen-bond acceptors (Lipinski definition) is 5. The van der Waals surface area contributed by atoms with E-state index in [0.717, 1.165) is 0 Å². The van der Waals surface area contributed by atoms with E-state index >= 15 is 0 Å². The Morgan fingerprint density at radius 3 is 2.76 bits per heavy atom. The van der Waals surface area contributed by atoms with E-state index in [1.165, 1.54) is 14.2 Å². The Balaban J connectivity index is 1.83. The second-order valence-corrected chi connectivity index (χ2v) is 7.15. The number of rotatable bonds is 4. The molecule has 0 unspecified atom stereocenters. The molecule has 1 amide bonds. The van der Waals surface area contributed by atoms with E-state index in [2.05, 4.69) is 5.32 Å². The minimum absolute atomic E-state index is 0.0180. The summed E-state index contributed by atoms with van der Waals surface area (Å²) < 4.78 is 18.2. The molecule has 29 heavy (non-hydrogen) atoms. The van der Waals surface area contributed by atoms with Gasteiger partial charge in [-0.2, -0.15) is 0 Å². The SMILES string of the molecule is COc1ccc(OC)c(NC(=O)c2cn3c4c(ccc(Cl)c4c2=O)O[C@@H](C)C3)c1. The van der Waals surface area contributed by atoms with Crippen molar-refractivity contribution in [3.8, 4) is 17.2 Å². The van der Waals surface area contributed by atoms with Gasteiger partial charge in [0.05, 0.1) is 42.4 Å². The number of aromatic nitrogens is 1. The quantitative estimate of drug-likeness (QED) is 0.704. The first-order chi connectivity index (χ1) is 13.9. The molecule has 0 saturated carbocycles. The fraction of sp³-hybridized carbons (Fsp3) is 0.238. The van der Waals surface area contributed by atoms with E-state index in [1.54, 1.807) is 36.5 Å². The summed E-state index contributed by atoms with van der Waals surface area (Å²) in [5.41, 5.74) is 0.513. The molecular formula is C21H19ClN2O5. The van der Waals surface area contributed by atoms with Gasteiger partial charge in [0.1, 0.15) is 28.9 Å². The first-order valence-corrected chi connectivity index (χ1v) is 9.36. The Kier molecular flexibility index (Phi) is 4.84. The van der Waals surface area contributed by atoms with Crippen molar-refractivity contribution in [1.82, 2.24) is 4.57 Å². The van der Waals surface area contributed by atoms with Crippen LogP contribution in [0.5, 0.6) is 17.2 Å². The van der Waals surface area contributed by atoms with Gasteiger partial charge < -0.3 is 24.1 Å². The van der Waals surface area contributed by atoms with Crippen LogP contribution in [0.4, 0.5) is 5.69 Å². The maximum absolute atomic E-state index is 13.1. The zero-order valence-electron chi connectivity index (χ0n) is 16.1. The lowest BCUT2D eigenvalue weighted by molar-refractivity contribution is 0.102. The number of anilines is 1. The van der Waals surface area contributed by atoms with Crippen LogP contribution in [-0.4, -0.2) is 30.8 Å². The monoisotopic (exact) mass is 414 g/mol. The number of pyridine rings is 1. The number of carbonyl (C=O) groups is 1. The van der Waals surface area contributed by atoms with Gasteiger partial charge in [-0.1, -0.05) is 11.6 Å². The molecule has 0 fully saturated rings. The number of benzene rings is 2. The number of halogens is 1. The number of ether oxygens (including phenoxy) is 3. The molecule has 2 aromatic carbocycles. The minimum atomic E-state index is -0.562. The summed E-state index contributed by atoms with van der Waals surface area (Å²) in [4.78, 5) is 26.1. The van der Waals surface area contributed by atoms with Gasteiger partial charge in [-0.15, -0.1) is 0 Å². The largest absolute Gasteiger partial charge is 0.497 e. The van der Waals surface area contributed by atoms with Crippen LogP contribution < -0.4 is 25.0 Å². The molecule has 3 aromatic rings. The molecule has 1 N–H and O–H groups in total. The van der Waals surface area contributed by atoms with Crippen molar-refractivity contribution in [2.45, 2.75) is 19.6 Å². The van der Waals surface area contributed by atoms with Gasteiger partial charge in [0.25, 0.3) is 5.91 Å². The lowest BCUT2D eigenvalue weighted by Gasteiger charge is -2.26. The Morgan fingerprint density at radius 1 is 1.24 bits per heavy atom. The van der Waals surface area contributed by atoms with Gasteiger partial charge in [-0.25, -0.2) is 0 Å². The van der Waals surface area contributed by atoms with E-state index in [-0.39, 0.29) is 22.1 Å². The van der Waals surface area contributed by atoms with Gasteiger partial charge in [-0.05, 0) is 31.2 Å². The average molecular weight is 415 g/mol. The Bertz CT molecular complexity index is 1190. The molecular weight excluding hydrogens is 396 g/mol. The van der Waals surface area contributed by atoms with Crippen molar-refractivity contribution in [3.05, 3.63) is 57.3 Å². The highest BCUT2D eigenvalue weighted by Crippen LogP contribution is 2.34. The summed E-state index contributed by atoms with van der Waals surface area (Å²) in [6.07, 6.45) is 1.44. The van der Waals surface area contributed by atoms with Crippen molar-refractivity contribution in [2.24, 2.45) is 0 Å². The lowest BCUT2D eigenvalue weighted by Crippen LogP contribution is -2.30. The van der Waals surface area contributed by atoms with Crippen LogP contribution >= 0.6 is 11.6 Å². The Labute approximate surface area is 171 Å². The molecule has 4 rings (SSSR count). The van der Waals surface area contributed by atoms with Crippen LogP contribution in [0.15, 0.2) is 41.3 Å². The molecule has 0 spiro atoms. The molecule has 1 aliphatic heterocycles. The molecule has 1 atom stereocenters. The second-order valence-electron chi connectivity index (χ2n) is 6.74. The first kappa shape index (κ1) is 19.1. The summed E-state index contributed by atoms with van der Waals surface area (Å²) in [5.74, 6) is 1.00. The van der Waals surface area contributed by atoms with Crippen molar-refractivity contribution < 1.29 is 19.0 Å². The number of amides is 1. The predicted molar refractivity (Wildman–Crippen MR) is 111 cm³/mol. The molecule has 0 bridgehead atoms. The smallest absolute Gasteiger partial charge is 0.261 e. The summed E-state index contributed by atoms with van der Waals surface area (Å²) in [6, 6.07) is 8.35. The van der Waals surface area contributed by atoms with Gasteiger partial charge >= 0.3 is 0 Å². The number of methoxy groups -OCH3 is 2. The van der Waals surface area contributed by atoms with Crippen LogP contribution in [0.3, 0.4) is 0 Å². The third-order valence-electron chi connectivity index (χ3n) is 4.82. The standard InChI is InChI=1S/C21H19ClN2O5/c1-11-9-24-10-13(20(25)18-14(22)5-7-17(29-11)19(18)24)21(26)23-15-8-12(27-2)4-6-16(15)28-3/h4-8,10-11H,9H2,1-3H3,(H,23,26)/t11-/m0/s1. The van der Waals surface area contributed by atoms with Gasteiger partial charge in [0.15, 0.2) is 0 Å². The first-order valence-electron chi connectivity index (χ1n) is 8.98. The third-order valence-corrected chi connectivity index (χ3v) is 5.13. The zero-order chi connectivity index (χ0) is 20.7. The highest BCUT2D eigenvalue weighted by atomic mass is 35.5. The normalized spacial score (nSPS) is 15.0. The predicted octanol–water partition coefficient (Wildman–Crippen LogP) is 3.71. The molecule has 1 aliphatic rings. The van der Waals surface area contributed by atoms with Crippen LogP contribution in [0.25, 0.3) is 10.9 Å². The van der Waals surface area contributed by atoms with E-state index < -0.39 is 11.3 Å². The van der Waals surface area contributed by atoms with E-state index in [0.29, 0.717) is 35.0 Å². The third kappa shape index (κ3) is 3.27. The van der Waals surface area contributed by atoms with Crippen molar-refractivity contribution in [1.29, 1.82) is 0 Å². The number of nitrogens with one attached hydrogen (secondary N) is 1. The maximum atomic E-state index is 13.1. The fourth-order valence-electron chi connectivity index (χ4n) is 3.50. The molecule has 0 saturated heterocycles. The maximum Gasteiger partial charge on any atom is 0.261 e. The van der Waals surface area contributed by atoms with Crippen LogP contribution in [0.2, 0.25) is 5.02 Å². The summed E-state index contributed by atoms with van der Waals surface area (Å²) >= 11 is 6.31. The van der Waals surface area contributed by atoms with Crippen LogP contribution in [-0.2, 0) is 6.54 Å². The van der Waals surface area contributed by atoms with E-state index in [1.807, 2.05) is 11.5 Å². The molecule has 0 aliphatic carbocycles. The van der Waals surface area contributed by atoms with Crippen molar-refractivity contribution in [2.75, 3.05) is 19.5 Å². The van der Waals surface area contributed by atoms with Crippen molar-refractivity contribution in [3.63, 3.8) is 0 Å². The lowest BCUT2D eigenvalue weighted by atomic mass is 10.1. The average Bonchev–Trinajstić information content (AvgIpc) is 2.71. The number of carbonyl (C=O) groups excluding carboxylic acids is 1. The van der Waals surface area contributed by atoms with Crippen LogP contribution in [0, 0.1) is 0 Å². The Morgan fingerprint density at radius 2 is 2.03 bits per heavy atom. The topological polar surface area (TPSA) is 78.8 Å². The molecule has 8 heteroatoms. The van der Waals surface area contributed by atoms with Crippen molar-refractivity contribution >= 4 is 34.1 Å². The highest BCUT2D eigenvalue weighted by Gasteiger charge is 2.25. The van der Waals surface area contributed by atoms with Crippen LogP contribution in [0.1, 0.15) is 17.3 Å². The fourth-order valence-corrected chi connectivity index (χ4v) is 3.73. The zero-order valence-corrected chi connectivity index (χ0v) is 16.9. The van der Waals surface area contributed by atoms with Gasteiger partial charge in [0.2, 0.25) is 5.43 Å². The minimum Gasteiger partial charge on any atom is -0.497 e. The molecule has 1 aromatic heterocycles. The number of nitrogens with zero attached hydrogens (tertiary/aromatic N) is 1. The van der Waals surface area contributed by atoms with E-state index in [9.17, 15) is 9.59 Å². The summed E-state index contributed by atoms with van der Waals surface area (Å²) in [6.45, 7) is 2.41. The highest BCUT2D eigenvalue weighted by molar-refractivity contribution is 6.35. The molecule has 150 valence electrons. The summed E-state index contributed by atoms with van der Waals surface area (Å²) in [7, 11) is 3.02. The van der Waals surface area contributed by atoms with E-state index in [4.69, 9.17) is 25.8 Å². The Hall–Kier alpha value is -3.19. The van der Waals surface area contributed by atoms with Gasteiger partial charge in [0, 0.05) is 12.3 Å². The summed E-state index contributed by atoms with van der Waals surface area (Å²) in [5, 5.41) is 3.28. The molecule has 7 nitrogen and oxygen atoms in total. The molecule has 0 radical (unpaired) electrons. The number of hydrogen-bond donors (Lipinski definition) is 1. The van der Waals surface area contributed by atoms with Gasteiger partial charge in [-0.3, -0.25) is 9.59 Å². The molecule has 2 heterocycles. The second kappa shape index (κ2) is 7.33.